The standard InChI is InChI=1S/C14H28N2/c1-14(2,11-15)7-4-8-16-9-12-5-3-6-13(12)10-16/h12-13H,3-11,15H2,1-2H3. The van der Waals surface area contributed by atoms with Gasteiger partial charge in [0.2, 0.25) is 0 Å². The molecule has 0 aromatic rings. The van der Waals surface area contributed by atoms with E-state index in [1.165, 1.54) is 51.7 Å². The summed E-state index contributed by atoms with van der Waals surface area (Å²) in [5, 5.41) is 0. The highest BCUT2D eigenvalue weighted by Crippen LogP contribution is 2.37. The van der Waals surface area contributed by atoms with Gasteiger partial charge in [0.1, 0.15) is 0 Å². The second-order valence-electron chi connectivity index (χ2n) is 6.68. The molecule has 2 rings (SSSR count). The van der Waals surface area contributed by atoms with Crippen LogP contribution in [-0.4, -0.2) is 31.1 Å². The molecule has 94 valence electrons. The second-order valence-corrected chi connectivity index (χ2v) is 6.68. The van der Waals surface area contributed by atoms with Gasteiger partial charge < -0.3 is 10.6 Å². The first kappa shape index (κ1) is 12.4. The van der Waals surface area contributed by atoms with Crippen molar-refractivity contribution in [3.05, 3.63) is 0 Å². The molecular formula is C14H28N2. The Balaban J connectivity index is 1.65. The third-order valence-electron chi connectivity index (χ3n) is 4.68. The first-order chi connectivity index (χ1) is 7.61. The van der Waals surface area contributed by atoms with Gasteiger partial charge in [-0.25, -0.2) is 0 Å². The van der Waals surface area contributed by atoms with E-state index in [2.05, 4.69) is 18.7 Å². The van der Waals surface area contributed by atoms with Crippen molar-refractivity contribution in [1.82, 2.24) is 4.90 Å². The third kappa shape index (κ3) is 2.98. The molecule has 2 nitrogen and oxygen atoms in total. The number of rotatable bonds is 5. The van der Waals surface area contributed by atoms with Crippen molar-refractivity contribution >= 4 is 0 Å². The van der Waals surface area contributed by atoms with E-state index in [0.717, 1.165) is 18.4 Å². The van der Waals surface area contributed by atoms with Crippen LogP contribution in [0.4, 0.5) is 0 Å². The molecule has 2 heteroatoms. The molecule has 1 heterocycles. The topological polar surface area (TPSA) is 29.3 Å². The fourth-order valence-electron chi connectivity index (χ4n) is 3.40. The molecule has 2 fully saturated rings. The van der Waals surface area contributed by atoms with E-state index in [0.29, 0.717) is 5.41 Å². The van der Waals surface area contributed by atoms with Crippen molar-refractivity contribution < 1.29 is 0 Å². The van der Waals surface area contributed by atoms with Gasteiger partial charge in [-0.15, -0.1) is 0 Å². The Morgan fingerprint density at radius 2 is 1.81 bits per heavy atom. The Morgan fingerprint density at radius 3 is 2.38 bits per heavy atom. The smallest absolute Gasteiger partial charge is 0.00129 e. The summed E-state index contributed by atoms with van der Waals surface area (Å²) in [6.45, 7) is 9.45. The second kappa shape index (κ2) is 5.05. The molecule has 0 spiro atoms. The predicted molar refractivity (Wildman–Crippen MR) is 69.3 cm³/mol. The van der Waals surface area contributed by atoms with E-state index in [9.17, 15) is 0 Å². The minimum absolute atomic E-state index is 0.343. The zero-order chi connectivity index (χ0) is 11.6. The van der Waals surface area contributed by atoms with Crippen LogP contribution >= 0.6 is 0 Å². The molecule has 0 aromatic carbocycles. The van der Waals surface area contributed by atoms with E-state index in [4.69, 9.17) is 5.73 Å². The Kier molecular flexibility index (Phi) is 3.91. The molecule has 1 aliphatic heterocycles. The van der Waals surface area contributed by atoms with Gasteiger partial charge in [0.25, 0.3) is 0 Å². The van der Waals surface area contributed by atoms with Crippen molar-refractivity contribution in [3.63, 3.8) is 0 Å². The predicted octanol–water partition coefficient (Wildman–Crippen LogP) is 2.48. The first-order valence-corrected chi connectivity index (χ1v) is 7.03. The number of fused-ring (bicyclic) bond motifs is 1. The molecular weight excluding hydrogens is 196 g/mol. The van der Waals surface area contributed by atoms with Crippen LogP contribution in [0.15, 0.2) is 0 Å². The van der Waals surface area contributed by atoms with Gasteiger partial charge in [0.15, 0.2) is 0 Å². The SMILES string of the molecule is CC(C)(CN)CCCN1CC2CCCC2C1. The van der Waals surface area contributed by atoms with Crippen LogP contribution in [0.2, 0.25) is 0 Å². The number of hydrogen-bond acceptors (Lipinski definition) is 2. The minimum atomic E-state index is 0.343. The van der Waals surface area contributed by atoms with Crippen LogP contribution in [0, 0.1) is 17.3 Å². The molecule has 2 aliphatic rings. The van der Waals surface area contributed by atoms with E-state index >= 15 is 0 Å². The maximum Gasteiger partial charge on any atom is 0.00129 e. The Labute approximate surface area is 101 Å². The van der Waals surface area contributed by atoms with Crippen molar-refractivity contribution in [3.8, 4) is 0 Å². The summed E-state index contributed by atoms with van der Waals surface area (Å²) in [7, 11) is 0. The quantitative estimate of drug-likeness (QED) is 0.777. The summed E-state index contributed by atoms with van der Waals surface area (Å²) in [5.74, 6) is 2.09. The van der Waals surface area contributed by atoms with Gasteiger partial charge in [-0.1, -0.05) is 20.3 Å². The van der Waals surface area contributed by atoms with E-state index < -0.39 is 0 Å². The summed E-state index contributed by atoms with van der Waals surface area (Å²) in [5.41, 5.74) is 6.10. The summed E-state index contributed by atoms with van der Waals surface area (Å²) in [6.07, 6.45) is 7.08. The number of hydrogen-bond donors (Lipinski definition) is 1. The minimum Gasteiger partial charge on any atom is -0.330 e. The Hall–Kier alpha value is -0.0800. The molecule has 16 heavy (non-hydrogen) atoms. The van der Waals surface area contributed by atoms with Gasteiger partial charge >= 0.3 is 0 Å². The fourth-order valence-corrected chi connectivity index (χ4v) is 3.40. The van der Waals surface area contributed by atoms with Crippen molar-refractivity contribution in [2.45, 2.75) is 46.0 Å². The van der Waals surface area contributed by atoms with Crippen molar-refractivity contribution in [1.29, 1.82) is 0 Å². The molecule has 1 aliphatic carbocycles. The molecule has 0 amide bonds. The van der Waals surface area contributed by atoms with Gasteiger partial charge in [-0.05, 0) is 56.0 Å². The lowest BCUT2D eigenvalue weighted by atomic mass is 9.88. The van der Waals surface area contributed by atoms with Gasteiger partial charge in [-0.2, -0.15) is 0 Å². The zero-order valence-electron chi connectivity index (χ0n) is 11.0. The van der Waals surface area contributed by atoms with Crippen molar-refractivity contribution in [2.75, 3.05) is 26.2 Å². The Bertz CT molecular complexity index is 213. The van der Waals surface area contributed by atoms with E-state index in [-0.39, 0.29) is 0 Å². The average Bonchev–Trinajstić information content (AvgIpc) is 2.77. The molecule has 2 unspecified atom stereocenters. The number of nitrogens with zero attached hydrogens (tertiary/aromatic N) is 1. The molecule has 2 atom stereocenters. The van der Waals surface area contributed by atoms with Crippen LogP contribution < -0.4 is 5.73 Å². The van der Waals surface area contributed by atoms with E-state index in [1.807, 2.05) is 0 Å². The molecule has 1 saturated carbocycles. The summed E-state index contributed by atoms with van der Waals surface area (Å²) in [4.78, 5) is 2.70. The average molecular weight is 224 g/mol. The molecule has 0 aromatic heterocycles. The summed E-state index contributed by atoms with van der Waals surface area (Å²) < 4.78 is 0. The van der Waals surface area contributed by atoms with Crippen LogP contribution in [0.5, 0.6) is 0 Å². The molecule has 0 radical (unpaired) electrons. The summed E-state index contributed by atoms with van der Waals surface area (Å²) in [6, 6.07) is 0. The van der Waals surface area contributed by atoms with Gasteiger partial charge in [-0.3, -0.25) is 0 Å². The van der Waals surface area contributed by atoms with Gasteiger partial charge in [0.05, 0.1) is 0 Å². The highest BCUT2D eigenvalue weighted by molar-refractivity contribution is 4.88. The largest absolute Gasteiger partial charge is 0.330 e. The lowest BCUT2D eigenvalue weighted by Gasteiger charge is -2.24. The fraction of sp³-hybridized carbons (Fsp3) is 1.00. The highest BCUT2D eigenvalue weighted by Gasteiger charge is 2.35. The summed E-state index contributed by atoms with van der Waals surface area (Å²) >= 11 is 0. The van der Waals surface area contributed by atoms with Gasteiger partial charge in [0, 0.05) is 13.1 Å². The molecule has 0 bridgehead atoms. The zero-order valence-corrected chi connectivity index (χ0v) is 11.0. The first-order valence-electron chi connectivity index (χ1n) is 7.03. The molecule has 1 saturated heterocycles. The van der Waals surface area contributed by atoms with Crippen LogP contribution in [0.1, 0.15) is 46.0 Å². The Morgan fingerprint density at radius 1 is 1.19 bits per heavy atom. The lowest BCUT2D eigenvalue weighted by molar-refractivity contribution is 0.266. The lowest BCUT2D eigenvalue weighted by Crippen LogP contribution is -2.27. The van der Waals surface area contributed by atoms with Crippen molar-refractivity contribution in [2.24, 2.45) is 23.0 Å². The maximum atomic E-state index is 5.76. The normalized spacial score (nSPS) is 30.9. The highest BCUT2D eigenvalue weighted by atomic mass is 15.2. The number of likely N-dealkylation sites (tertiary alicyclic amines) is 1. The third-order valence-corrected chi connectivity index (χ3v) is 4.68. The van der Waals surface area contributed by atoms with Crippen LogP contribution in [0.3, 0.4) is 0 Å². The number of nitrogens with two attached hydrogens (primary N) is 1. The van der Waals surface area contributed by atoms with Crippen LogP contribution in [0.25, 0.3) is 0 Å². The van der Waals surface area contributed by atoms with E-state index in [1.54, 1.807) is 0 Å². The molecule has 2 N–H and O–H groups in total. The maximum absolute atomic E-state index is 5.76. The monoisotopic (exact) mass is 224 g/mol. The van der Waals surface area contributed by atoms with Crippen LogP contribution in [-0.2, 0) is 0 Å².